The minimum Gasteiger partial charge on any atom is -0.487 e. The van der Waals surface area contributed by atoms with E-state index >= 15 is 0 Å². The second-order valence-corrected chi connectivity index (χ2v) is 5.16. The van der Waals surface area contributed by atoms with Crippen LogP contribution in [-0.4, -0.2) is 4.98 Å². The number of nitrogens with zero attached hydrogens (tertiary/aromatic N) is 2. The first-order chi connectivity index (χ1) is 10.8. The van der Waals surface area contributed by atoms with Crippen LogP contribution in [0, 0.1) is 4.91 Å². The number of nitroso groups, excluding NO2 is 1. The lowest BCUT2D eigenvalue weighted by Gasteiger charge is -2.09. The van der Waals surface area contributed by atoms with E-state index in [1.807, 2.05) is 54.6 Å². The zero-order valence-corrected chi connectivity index (χ0v) is 12.3. The van der Waals surface area contributed by atoms with Crippen molar-refractivity contribution < 1.29 is 4.74 Å². The van der Waals surface area contributed by atoms with Crippen molar-refractivity contribution in [3.8, 4) is 5.75 Å². The Morgan fingerprint density at radius 1 is 1.09 bits per heavy atom. The predicted molar refractivity (Wildman–Crippen MR) is 86.7 cm³/mol. The van der Waals surface area contributed by atoms with E-state index < -0.39 is 0 Å². The number of pyridine rings is 1. The van der Waals surface area contributed by atoms with E-state index in [1.165, 1.54) is 0 Å². The zero-order valence-electron chi connectivity index (χ0n) is 12.3. The topological polar surface area (TPSA) is 51.5 Å². The Morgan fingerprint density at radius 2 is 1.91 bits per heavy atom. The highest BCUT2D eigenvalue weighted by Gasteiger charge is 2.06. The van der Waals surface area contributed by atoms with Crippen LogP contribution in [0.1, 0.15) is 24.2 Å². The van der Waals surface area contributed by atoms with Gasteiger partial charge >= 0.3 is 0 Å². The Bertz CT molecular complexity index is 787. The van der Waals surface area contributed by atoms with E-state index in [0.717, 1.165) is 27.8 Å². The molecule has 0 spiro atoms. The Balaban J connectivity index is 1.79. The summed E-state index contributed by atoms with van der Waals surface area (Å²) in [5, 5.41) is 5.20. The van der Waals surface area contributed by atoms with E-state index in [2.05, 4.69) is 10.2 Å². The number of hydrogen-bond acceptors (Lipinski definition) is 4. The maximum absolute atomic E-state index is 10.6. The van der Waals surface area contributed by atoms with Gasteiger partial charge in [-0.15, -0.1) is 0 Å². The molecule has 0 saturated carbocycles. The number of ether oxygens (including phenoxy) is 1. The third kappa shape index (κ3) is 3.11. The van der Waals surface area contributed by atoms with Gasteiger partial charge in [-0.2, -0.15) is 4.91 Å². The van der Waals surface area contributed by atoms with Gasteiger partial charge in [0, 0.05) is 6.20 Å². The molecule has 110 valence electrons. The average molecular weight is 292 g/mol. The monoisotopic (exact) mass is 292 g/mol. The van der Waals surface area contributed by atoms with Gasteiger partial charge < -0.3 is 4.74 Å². The van der Waals surface area contributed by atoms with Crippen molar-refractivity contribution in [3.63, 3.8) is 0 Å². The molecule has 0 N–H and O–H groups in total. The lowest BCUT2D eigenvalue weighted by atomic mass is 10.0. The summed E-state index contributed by atoms with van der Waals surface area (Å²) in [7, 11) is 0. The Hall–Kier alpha value is -2.75. The molecule has 0 fully saturated rings. The summed E-state index contributed by atoms with van der Waals surface area (Å²) in [5.41, 5.74) is 1.81. The Labute approximate surface area is 128 Å². The molecule has 1 aromatic heterocycles. The van der Waals surface area contributed by atoms with Crippen molar-refractivity contribution in [3.05, 3.63) is 77.0 Å². The van der Waals surface area contributed by atoms with Gasteiger partial charge in [-0.1, -0.05) is 29.4 Å². The van der Waals surface area contributed by atoms with Gasteiger partial charge in [0.1, 0.15) is 18.4 Å². The molecule has 22 heavy (non-hydrogen) atoms. The second-order valence-electron chi connectivity index (χ2n) is 5.16. The summed E-state index contributed by atoms with van der Waals surface area (Å²) in [6.45, 7) is 2.23. The molecule has 3 rings (SSSR count). The first kappa shape index (κ1) is 14.2. The highest BCUT2D eigenvalue weighted by Crippen LogP contribution is 2.26. The normalized spacial score (nSPS) is 12.0. The lowest BCUT2D eigenvalue weighted by Crippen LogP contribution is -1.97. The van der Waals surface area contributed by atoms with Crippen LogP contribution in [0.25, 0.3) is 10.8 Å². The minimum absolute atomic E-state index is 0.329. The minimum atomic E-state index is -0.329. The van der Waals surface area contributed by atoms with Gasteiger partial charge in [-0.05, 0) is 53.6 Å². The predicted octanol–water partition coefficient (Wildman–Crippen LogP) is 4.64. The standard InChI is InChI=1S/C18H16N2O2/c1-13(20-21)14-5-6-16-11-18(8-7-15(16)10-14)22-12-17-4-2-3-9-19-17/h2-11,13H,12H2,1H3. The molecule has 0 aliphatic heterocycles. The Kier molecular flexibility index (Phi) is 4.10. The maximum Gasteiger partial charge on any atom is 0.130 e. The molecule has 0 saturated heterocycles. The summed E-state index contributed by atoms with van der Waals surface area (Å²) in [6.07, 6.45) is 1.75. The fourth-order valence-electron chi connectivity index (χ4n) is 2.29. The molecule has 0 aliphatic rings. The molecule has 0 aliphatic carbocycles. The second kappa shape index (κ2) is 6.35. The fraction of sp³-hybridized carbons (Fsp3) is 0.167. The summed E-state index contributed by atoms with van der Waals surface area (Å²) >= 11 is 0. The van der Waals surface area contributed by atoms with Gasteiger partial charge in [-0.3, -0.25) is 4.98 Å². The highest BCUT2D eigenvalue weighted by molar-refractivity contribution is 5.84. The summed E-state index contributed by atoms with van der Waals surface area (Å²) < 4.78 is 5.77. The first-order valence-corrected chi connectivity index (χ1v) is 7.15. The number of rotatable bonds is 5. The van der Waals surface area contributed by atoms with Crippen LogP contribution < -0.4 is 4.74 Å². The van der Waals surface area contributed by atoms with Crippen LogP contribution in [0.5, 0.6) is 5.75 Å². The molecule has 4 heteroatoms. The molecule has 3 aromatic rings. The van der Waals surface area contributed by atoms with E-state index in [0.29, 0.717) is 6.61 Å². The van der Waals surface area contributed by atoms with Crippen LogP contribution in [0.15, 0.2) is 66.0 Å². The smallest absolute Gasteiger partial charge is 0.130 e. The first-order valence-electron chi connectivity index (χ1n) is 7.15. The van der Waals surface area contributed by atoms with Gasteiger partial charge in [0.25, 0.3) is 0 Å². The Morgan fingerprint density at radius 3 is 2.68 bits per heavy atom. The number of aromatic nitrogens is 1. The highest BCUT2D eigenvalue weighted by atomic mass is 16.5. The largest absolute Gasteiger partial charge is 0.487 e. The van der Waals surface area contributed by atoms with Gasteiger partial charge in [-0.25, -0.2) is 0 Å². The summed E-state index contributed by atoms with van der Waals surface area (Å²) in [6, 6.07) is 17.2. The summed E-state index contributed by atoms with van der Waals surface area (Å²) in [4.78, 5) is 14.9. The quantitative estimate of drug-likeness (QED) is 0.644. The van der Waals surface area contributed by atoms with E-state index in [1.54, 1.807) is 13.1 Å². The van der Waals surface area contributed by atoms with E-state index in [9.17, 15) is 4.91 Å². The van der Waals surface area contributed by atoms with E-state index in [-0.39, 0.29) is 6.04 Å². The third-order valence-corrected chi connectivity index (χ3v) is 3.59. The molecular weight excluding hydrogens is 276 g/mol. The molecule has 4 nitrogen and oxygen atoms in total. The summed E-state index contributed by atoms with van der Waals surface area (Å²) in [5.74, 6) is 0.799. The molecular formula is C18H16N2O2. The SMILES string of the molecule is CC(N=O)c1ccc2cc(OCc3ccccn3)ccc2c1. The lowest BCUT2D eigenvalue weighted by molar-refractivity contribution is 0.302. The van der Waals surface area contributed by atoms with Gasteiger partial charge in [0.05, 0.1) is 5.69 Å². The molecule has 1 unspecified atom stereocenters. The van der Waals surface area contributed by atoms with Crippen molar-refractivity contribution in [1.29, 1.82) is 0 Å². The van der Waals surface area contributed by atoms with Crippen LogP contribution in [-0.2, 0) is 6.61 Å². The third-order valence-electron chi connectivity index (χ3n) is 3.59. The number of hydrogen-bond donors (Lipinski definition) is 0. The van der Waals surface area contributed by atoms with Crippen molar-refractivity contribution in [2.75, 3.05) is 0 Å². The van der Waals surface area contributed by atoms with Crippen molar-refractivity contribution >= 4 is 10.8 Å². The molecule has 1 heterocycles. The average Bonchev–Trinajstić information content (AvgIpc) is 2.59. The molecule has 0 amide bonds. The van der Waals surface area contributed by atoms with Crippen LogP contribution >= 0.6 is 0 Å². The maximum atomic E-state index is 10.6. The van der Waals surface area contributed by atoms with Crippen molar-refractivity contribution in [1.82, 2.24) is 4.98 Å². The molecule has 0 radical (unpaired) electrons. The van der Waals surface area contributed by atoms with Gasteiger partial charge in [0.15, 0.2) is 0 Å². The van der Waals surface area contributed by atoms with Crippen molar-refractivity contribution in [2.24, 2.45) is 5.18 Å². The number of benzene rings is 2. The fourth-order valence-corrected chi connectivity index (χ4v) is 2.29. The zero-order chi connectivity index (χ0) is 15.4. The van der Waals surface area contributed by atoms with Crippen LogP contribution in [0.3, 0.4) is 0 Å². The number of fused-ring (bicyclic) bond motifs is 1. The van der Waals surface area contributed by atoms with Crippen LogP contribution in [0.2, 0.25) is 0 Å². The van der Waals surface area contributed by atoms with Gasteiger partial charge in [0.2, 0.25) is 0 Å². The van der Waals surface area contributed by atoms with E-state index in [4.69, 9.17) is 4.74 Å². The molecule has 2 aromatic carbocycles. The van der Waals surface area contributed by atoms with Crippen molar-refractivity contribution in [2.45, 2.75) is 19.6 Å². The van der Waals surface area contributed by atoms with Crippen LogP contribution in [0.4, 0.5) is 0 Å². The molecule has 0 bridgehead atoms. The molecule has 1 atom stereocenters.